The predicted molar refractivity (Wildman–Crippen MR) is 152 cm³/mol. The SMILES string of the molecule is O=C(Nc1ccc(N2CCc3ccccc3C2)c(C(=O)NCCN2CCOCC2)c1)c1ccc(Cl)cc1Cl. The minimum Gasteiger partial charge on any atom is -0.379 e. The molecule has 5 rings (SSSR count). The van der Waals surface area contributed by atoms with E-state index in [1.165, 1.54) is 17.2 Å². The molecule has 0 unspecified atom stereocenters. The lowest BCUT2D eigenvalue weighted by Crippen LogP contribution is -2.41. The molecule has 2 aliphatic rings. The second-order valence-electron chi connectivity index (χ2n) is 9.46. The van der Waals surface area contributed by atoms with Crippen molar-refractivity contribution in [2.75, 3.05) is 56.2 Å². The topological polar surface area (TPSA) is 73.9 Å². The van der Waals surface area contributed by atoms with Crippen LogP contribution in [0.1, 0.15) is 31.8 Å². The highest BCUT2D eigenvalue weighted by Gasteiger charge is 2.23. The van der Waals surface area contributed by atoms with Gasteiger partial charge in [-0.25, -0.2) is 0 Å². The Balaban J connectivity index is 1.37. The fourth-order valence-electron chi connectivity index (χ4n) is 4.89. The van der Waals surface area contributed by atoms with Gasteiger partial charge in [-0.05, 0) is 53.9 Å². The molecule has 3 aromatic rings. The lowest BCUT2D eigenvalue weighted by molar-refractivity contribution is 0.0383. The molecule has 0 bridgehead atoms. The summed E-state index contributed by atoms with van der Waals surface area (Å²) >= 11 is 12.2. The van der Waals surface area contributed by atoms with Crippen molar-refractivity contribution >= 4 is 46.4 Å². The lowest BCUT2D eigenvalue weighted by atomic mass is 9.98. The number of morpholine rings is 1. The standard InChI is InChI=1S/C29H30Cl2N4O3/c30-22-5-7-24(26(31)17-22)29(37)33-23-6-8-27(35-11-9-20-3-1-2-4-21(20)19-35)25(18-23)28(36)32-10-12-34-13-15-38-16-14-34/h1-8,17-18H,9-16,19H2,(H,32,36)(H,33,37). The molecule has 1 saturated heterocycles. The minimum atomic E-state index is -0.370. The summed E-state index contributed by atoms with van der Waals surface area (Å²) in [5, 5.41) is 6.67. The van der Waals surface area contributed by atoms with E-state index in [9.17, 15) is 9.59 Å². The molecule has 198 valence electrons. The monoisotopic (exact) mass is 552 g/mol. The summed E-state index contributed by atoms with van der Waals surface area (Å²) in [7, 11) is 0. The van der Waals surface area contributed by atoms with Crippen molar-refractivity contribution in [1.29, 1.82) is 0 Å². The van der Waals surface area contributed by atoms with Gasteiger partial charge < -0.3 is 20.3 Å². The smallest absolute Gasteiger partial charge is 0.257 e. The number of hydrogen-bond donors (Lipinski definition) is 2. The van der Waals surface area contributed by atoms with E-state index in [1.807, 2.05) is 18.2 Å². The molecule has 0 aliphatic carbocycles. The van der Waals surface area contributed by atoms with Crippen LogP contribution in [0.3, 0.4) is 0 Å². The van der Waals surface area contributed by atoms with Crippen molar-refractivity contribution in [3.05, 3.63) is 93.0 Å². The first-order valence-corrected chi connectivity index (χ1v) is 13.5. The summed E-state index contributed by atoms with van der Waals surface area (Å²) in [5.74, 6) is -0.544. The molecule has 2 N–H and O–H groups in total. The molecule has 1 fully saturated rings. The van der Waals surface area contributed by atoms with E-state index in [2.05, 4.69) is 38.6 Å². The fraction of sp³-hybridized carbons (Fsp3) is 0.310. The molecule has 3 aromatic carbocycles. The number of carbonyl (C=O) groups is 2. The van der Waals surface area contributed by atoms with Crippen LogP contribution in [0.4, 0.5) is 11.4 Å². The van der Waals surface area contributed by atoms with E-state index in [4.69, 9.17) is 27.9 Å². The number of benzene rings is 3. The Morgan fingerprint density at radius 1 is 0.868 bits per heavy atom. The zero-order chi connectivity index (χ0) is 26.5. The number of amides is 2. The van der Waals surface area contributed by atoms with Crippen LogP contribution < -0.4 is 15.5 Å². The highest BCUT2D eigenvalue weighted by Crippen LogP contribution is 2.30. The lowest BCUT2D eigenvalue weighted by Gasteiger charge is -2.32. The van der Waals surface area contributed by atoms with Gasteiger partial charge in [-0.3, -0.25) is 14.5 Å². The zero-order valence-corrected chi connectivity index (χ0v) is 22.5. The molecule has 0 spiro atoms. The Kier molecular flexibility index (Phi) is 8.49. The summed E-state index contributed by atoms with van der Waals surface area (Å²) in [6.45, 7) is 5.96. The third-order valence-electron chi connectivity index (χ3n) is 6.96. The molecule has 0 aromatic heterocycles. The van der Waals surface area contributed by atoms with Crippen molar-refractivity contribution in [3.8, 4) is 0 Å². The van der Waals surface area contributed by atoms with Crippen molar-refractivity contribution in [2.45, 2.75) is 13.0 Å². The van der Waals surface area contributed by atoms with Gasteiger partial charge in [-0.15, -0.1) is 0 Å². The quantitative estimate of drug-likeness (QED) is 0.437. The number of nitrogens with zero attached hydrogens (tertiary/aromatic N) is 2. The summed E-state index contributed by atoms with van der Waals surface area (Å²) in [5.41, 5.74) is 4.78. The molecule has 7 nitrogen and oxygen atoms in total. The van der Waals surface area contributed by atoms with Crippen molar-refractivity contribution in [1.82, 2.24) is 10.2 Å². The molecule has 0 radical (unpaired) electrons. The molecule has 2 amide bonds. The average molecular weight is 553 g/mol. The summed E-state index contributed by atoms with van der Waals surface area (Å²) in [6.07, 6.45) is 0.905. The highest BCUT2D eigenvalue weighted by molar-refractivity contribution is 6.37. The molecule has 38 heavy (non-hydrogen) atoms. The van der Waals surface area contributed by atoms with Crippen LogP contribution in [0.2, 0.25) is 10.0 Å². The van der Waals surface area contributed by atoms with Crippen molar-refractivity contribution in [2.24, 2.45) is 0 Å². The Morgan fingerprint density at radius 2 is 1.66 bits per heavy atom. The zero-order valence-electron chi connectivity index (χ0n) is 21.0. The molecule has 2 heterocycles. The van der Waals surface area contributed by atoms with Gasteiger partial charge in [0.05, 0.1) is 29.4 Å². The van der Waals surface area contributed by atoms with Crippen molar-refractivity contribution < 1.29 is 14.3 Å². The maximum Gasteiger partial charge on any atom is 0.257 e. The number of hydrogen-bond acceptors (Lipinski definition) is 5. The van der Waals surface area contributed by atoms with Gasteiger partial charge in [0.25, 0.3) is 11.8 Å². The first-order valence-electron chi connectivity index (χ1n) is 12.8. The number of rotatable bonds is 7. The minimum absolute atomic E-state index is 0.173. The van der Waals surface area contributed by atoms with E-state index in [0.29, 0.717) is 41.6 Å². The van der Waals surface area contributed by atoms with Gasteiger partial charge in [0, 0.05) is 55.7 Å². The number of halogens is 2. The Labute approximate surface area is 232 Å². The molecule has 0 saturated carbocycles. The molecule has 0 atom stereocenters. The second kappa shape index (κ2) is 12.2. The predicted octanol–water partition coefficient (Wildman–Crippen LogP) is 4.87. The third-order valence-corrected chi connectivity index (χ3v) is 7.51. The molecule has 9 heteroatoms. The normalized spacial score (nSPS) is 15.6. The molecule has 2 aliphatic heterocycles. The first-order chi connectivity index (χ1) is 18.5. The van der Waals surface area contributed by atoms with E-state index in [1.54, 1.807) is 18.2 Å². The number of carbonyl (C=O) groups excluding carboxylic acids is 2. The fourth-order valence-corrected chi connectivity index (χ4v) is 5.39. The van der Waals surface area contributed by atoms with Gasteiger partial charge in [-0.2, -0.15) is 0 Å². The average Bonchev–Trinajstić information content (AvgIpc) is 2.93. The summed E-state index contributed by atoms with van der Waals surface area (Å²) in [4.78, 5) is 30.9. The van der Waals surface area contributed by atoms with Crippen LogP contribution in [0.5, 0.6) is 0 Å². The van der Waals surface area contributed by atoms with Crippen molar-refractivity contribution in [3.63, 3.8) is 0 Å². The van der Waals surface area contributed by atoms with Gasteiger partial charge in [-0.1, -0.05) is 47.5 Å². The molecular formula is C29H30Cl2N4O3. The maximum atomic E-state index is 13.5. The van der Waals surface area contributed by atoms with Gasteiger partial charge in [0.1, 0.15) is 0 Å². The van der Waals surface area contributed by atoms with Gasteiger partial charge in [0.2, 0.25) is 0 Å². The third kappa shape index (κ3) is 6.30. The van der Waals surface area contributed by atoms with Crippen LogP contribution in [-0.2, 0) is 17.7 Å². The Morgan fingerprint density at radius 3 is 2.45 bits per heavy atom. The largest absolute Gasteiger partial charge is 0.379 e. The molecular weight excluding hydrogens is 523 g/mol. The van der Waals surface area contributed by atoms with Crippen LogP contribution in [-0.4, -0.2) is 62.7 Å². The van der Waals surface area contributed by atoms with Gasteiger partial charge >= 0.3 is 0 Å². The van der Waals surface area contributed by atoms with Crippen LogP contribution in [0.15, 0.2) is 60.7 Å². The highest BCUT2D eigenvalue weighted by atomic mass is 35.5. The van der Waals surface area contributed by atoms with Crippen LogP contribution >= 0.6 is 23.2 Å². The van der Waals surface area contributed by atoms with Gasteiger partial charge in [0.15, 0.2) is 0 Å². The van der Waals surface area contributed by atoms with Crippen LogP contribution in [0, 0.1) is 0 Å². The number of fused-ring (bicyclic) bond motifs is 1. The van der Waals surface area contributed by atoms with Crippen LogP contribution in [0.25, 0.3) is 0 Å². The number of ether oxygens (including phenoxy) is 1. The van der Waals surface area contributed by atoms with E-state index < -0.39 is 0 Å². The first kappa shape index (κ1) is 26.5. The second-order valence-corrected chi connectivity index (χ2v) is 10.3. The Bertz CT molecular complexity index is 1330. The Hall–Kier alpha value is -3.10. The number of nitrogens with one attached hydrogen (secondary N) is 2. The number of anilines is 2. The maximum absolute atomic E-state index is 13.5. The summed E-state index contributed by atoms with van der Waals surface area (Å²) < 4.78 is 5.41. The van der Waals surface area contributed by atoms with E-state index in [-0.39, 0.29) is 16.8 Å². The van der Waals surface area contributed by atoms with E-state index >= 15 is 0 Å². The van der Waals surface area contributed by atoms with E-state index in [0.717, 1.165) is 44.8 Å². The summed E-state index contributed by atoms with van der Waals surface area (Å²) in [6, 6.07) is 18.6.